The van der Waals surface area contributed by atoms with Crippen LogP contribution in [0.15, 0.2) is 59.0 Å². The van der Waals surface area contributed by atoms with Gasteiger partial charge in [0.05, 0.1) is 17.1 Å². The number of benzene rings is 2. The SMILES string of the molecule is CCCCCCN(CCCCCC)c1ccc(-n2c(C)nc(C)cc2=O)cc1F.CCCCCCN(CCCCCC)c1ccc(NC(=O)/C=C(/C)N)cc1F.II.I[I-]I. The molecule has 1 heterocycles. The van der Waals surface area contributed by atoms with Crippen LogP contribution < -0.4 is 39.7 Å². The summed E-state index contributed by atoms with van der Waals surface area (Å²) in [6.45, 7) is 17.4. The van der Waals surface area contributed by atoms with Crippen LogP contribution in [0.5, 0.6) is 0 Å². The second-order valence-corrected chi connectivity index (χ2v) is 31.3. The molecule has 3 aromatic rings. The Labute approximate surface area is 420 Å². The number of rotatable bonds is 25. The van der Waals surface area contributed by atoms with Crippen molar-refractivity contribution >= 4 is 97.4 Å². The van der Waals surface area contributed by atoms with E-state index in [0.717, 1.165) is 51.9 Å². The standard InChI is InChI=1S/C24H36FN3O.C22H36FN3O.I3.I2/c1-5-7-9-11-15-27(16-12-10-8-6-2)23-14-13-21(18-22(23)25)28-20(4)26-19(3)17-24(28)29;1-4-6-8-10-14-26(15-11-9-7-5-2)21-13-12-19(17-20(21)23)25-22(27)16-18(3)24;1-3-2;1-2/h13-14,17-18H,5-12,15-16H2,1-4H3;12-13,16-17H,4-11,14-15,24H2,1-3H3,(H,25,27);;/q;;-1;/b;18-16-;;. The molecule has 15 heteroatoms. The first kappa shape index (κ1) is 60.4. The molecular weight excluding hydrogens is 1340 g/mol. The molecular formula is C46H72F2I5N6O2-. The third kappa shape index (κ3) is 26.9. The fourth-order valence-electron chi connectivity index (χ4n) is 6.80. The Kier molecular flexibility index (Phi) is 38.3. The average molecular weight is 1410 g/mol. The number of carbonyl (C=O) groups excluding carboxylic acids is 1. The van der Waals surface area contributed by atoms with E-state index in [9.17, 15) is 14.0 Å². The van der Waals surface area contributed by atoms with Crippen LogP contribution in [0.25, 0.3) is 5.69 Å². The van der Waals surface area contributed by atoms with Crippen molar-refractivity contribution in [1.82, 2.24) is 9.55 Å². The number of halogens is 7. The van der Waals surface area contributed by atoms with E-state index in [1.165, 1.54) is 106 Å². The Balaban J connectivity index is 0.00000107. The van der Waals surface area contributed by atoms with Crippen molar-refractivity contribution in [2.24, 2.45) is 5.73 Å². The number of anilines is 3. The molecule has 0 aliphatic carbocycles. The number of allylic oxidation sites excluding steroid dienone is 1. The molecule has 0 aliphatic heterocycles. The molecule has 0 unspecified atom stereocenters. The summed E-state index contributed by atoms with van der Waals surface area (Å²) in [5, 5.41) is 2.65. The molecule has 0 atom stereocenters. The Hall–Kier alpha value is -0.560. The predicted octanol–water partition coefficient (Wildman–Crippen LogP) is 12.1. The van der Waals surface area contributed by atoms with Crippen molar-refractivity contribution in [3.05, 3.63) is 87.7 Å². The van der Waals surface area contributed by atoms with Crippen LogP contribution >= 0.6 is 74.5 Å². The second-order valence-electron chi connectivity index (χ2n) is 15.1. The van der Waals surface area contributed by atoms with Gasteiger partial charge >= 0.3 is 50.5 Å². The first-order chi connectivity index (χ1) is 29.4. The third-order valence-electron chi connectivity index (χ3n) is 9.79. The average Bonchev–Trinajstić information content (AvgIpc) is 3.21. The molecule has 0 fully saturated rings. The summed E-state index contributed by atoms with van der Waals surface area (Å²) in [7, 11) is 0. The first-order valence-corrected chi connectivity index (χ1v) is 40.6. The topological polar surface area (TPSA) is 96.5 Å². The van der Waals surface area contributed by atoms with Crippen molar-refractivity contribution in [2.75, 3.05) is 41.3 Å². The first-order valence-electron chi connectivity index (χ1n) is 21.8. The summed E-state index contributed by atoms with van der Waals surface area (Å²) in [6.07, 6.45) is 19.9. The maximum atomic E-state index is 15.1. The van der Waals surface area contributed by atoms with Crippen molar-refractivity contribution < 1.29 is 26.8 Å². The molecule has 0 saturated heterocycles. The zero-order chi connectivity index (χ0) is 46.0. The van der Waals surface area contributed by atoms with Gasteiger partial charge in [0.15, 0.2) is 0 Å². The number of unbranched alkanes of at least 4 members (excludes halogenated alkanes) is 12. The van der Waals surface area contributed by atoms with Gasteiger partial charge in [-0.2, -0.15) is 0 Å². The Morgan fingerprint density at radius 1 is 0.721 bits per heavy atom. The quantitative estimate of drug-likeness (QED) is 0.0498. The van der Waals surface area contributed by atoms with Gasteiger partial charge in [0.1, 0.15) is 17.5 Å². The number of aryl methyl sites for hydroxylation is 2. The van der Waals surface area contributed by atoms with Crippen molar-refractivity contribution in [1.29, 1.82) is 0 Å². The summed E-state index contributed by atoms with van der Waals surface area (Å²) in [5.74, 6) is -0.358. The third-order valence-corrected chi connectivity index (χ3v) is 9.79. The molecule has 2 aromatic carbocycles. The molecule has 3 N–H and O–H groups in total. The van der Waals surface area contributed by atoms with Crippen LogP contribution in [-0.4, -0.2) is 41.6 Å². The summed E-state index contributed by atoms with van der Waals surface area (Å²) in [4.78, 5) is 32.8. The molecule has 0 bridgehead atoms. The van der Waals surface area contributed by atoms with Crippen molar-refractivity contribution in [3.8, 4) is 5.69 Å². The van der Waals surface area contributed by atoms with E-state index in [0.29, 0.717) is 53.2 Å². The number of nitrogens with zero attached hydrogens (tertiary/aromatic N) is 4. The Morgan fingerprint density at radius 3 is 1.49 bits per heavy atom. The molecule has 348 valence electrons. The van der Waals surface area contributed by atoms with Crippen molar-refractivity contribution in [3.63, 3.8) is 0 Å². The van der Waals surface area contributed by atoms with E-state index < -0.39 is 0 Å². The minimum absolute atomic E-state index is 0.182. The van der Waals surface area contributed by atoms with Gasteiger partial charge < -0.3 is 20.9 Å². The van der Waals surface area contributed by atoms with Crippen LogP contribution in [0.1, 0.15) is 149 Å². The Bertz CT molecular complexity index is 1690. The molecule has 61 heavy (non-hydrogen) atoms. The van der Waals surface area contributed by atoms with Crippen molar-refractivity contribution in [2.45, 2.75) is 151 Å². The molecule has 1 amide bonds. The van der Waals surface area contributed by atoms with Crippen LogP contribution in [0.3, 0.4) is 0 Å². The van der Waals surface area contributed by atoms with Crippen LogP contribution in [0.4, 0.5) is 25.8 Å². The van der Waals surface area contributed by atoms with Gasteiger partial charge in [0, 0.05) is 98.7 Å². The molecule has 0 radical (unpaired) electrons. The van der Waals surface area contributed by atoms with Crippen LogP contribution in [0.2, 0.25) is 0 Å². The van der Waals surface area contributed by atoms with E-state index in [-0.39, 0.29) is 23.1 Å². The van der Waals surface area contributed by atoms with Gasteiger partial charge in [-0.1, -0.05) is 105 Å². The van der Waals surface area contributed by atoms with E-state index in [4.69, 9.17) is 5.73 Å². The maximum absolute atomic E-state index is 15.1. The van der Waals surface area contributed by atoms with Gasteiger partial charge in [0.2, 0.25) is 5.91 Å². The zero-order valence-corrected chi connectivity index (χ0v) is 48.4. The van der Waals surface area contributed by atoms with Crippen LogP contribution in [0, 0.1) is 25.5 Å². The molecule has 0 aliphatic rings. The van der Waals surface area contributed by atoms with E-state index in [2.05, 4.69) is 122 Å². The van der Waals surface area contributed by atoms with Gasteiger partial charge in [-0.15, -0.1) is 0 Å². The van der Waals surface area contributed by atoms with Crippen LogP contribution in [-0.2, 0) is 4.79 Å². The normalized spacial score (nSPS) is 10.8. The van der Waals surface area contributed by atoms with Gasteiger partial charge in [-0.05, 0) is 76.8 Å². The zero-order valence-electron chi connectivity index (χ0n) is 37.6. The molecule has 8 nitrogen and oxygen atoms in total. The number of aromatic nitrogens is 2. The summed E-state index contributed by atoms with van der Waals surface area (Å²) < 4.78 is 31.3. The number of hydrogen-bond donors (Lipinski definition) is 2. The van der Waals surface area contributed by atoms with E-state index >= 15 is 4.39 Å². The number of nitrogens with two attached hydrogens (primary N) is 1. The molecule has 3 rings (SSSR count). The van der Waals surface area contributed by atoms with E-state index in [1.54, 1.807) is 32.9 Å². The summed E-state index contributed by atoms with van der Waals surface area (Å²) in [5.41, 5.74) is 8.61. The Morgan fingerprint density at radius 2 is 1.13 bits per heavy atom. The fraction of sp³-hybridized carbons (Fsp3) is 0.587. The molecule has 1 aromatic heterocycles. The number of carbonyl (C=O) groups is 1. The number of nitrogens with one attached hydrogen (secondary N) is 1. The van der Waals surface area contributed by atoms with Gasteiger partial charge in [0.25, 0.3) is 5.56 Å². The summed E-state index contributed by atoms with van der Waals surface area (Å²) >= 11 is 9.54. The minimum atomic E-state index is -0.349. The number of hydrogen-bond acceptors (Lipinski definition) is 6. The number of amides is 1. The van der Waals surface area contributed by atoms with Gasteiger partial charge in [-0.25, -0.2) is 13.8 Å². The molecule has 0 spiro atoms. The predicted molar refractivity (Wildman–Crippen MR) is 289 cm³/mol. The van der Waals surface area contributed by atoms with Gasteiger partial charge in [-0.3, -0.25) is 14.2 Å². The second kappa shape index (κ2) is 38.7. The van der Waals surface area contributed by atoms with E-state index in [1.807, 2.05) is 12.1 Å². The summed E-state index contributed by atoms with van der Waals surface area (Å²) in [6, 6.07) is 11.5. The molecule has 0 saturated carbocycles. The fourth-order valence-corrected chi connectivity index (χ4v) is 6.80. The monoisotopic (exact) mass is 1410 g/mol.